The van der Waals surface area contributed by atoms with E-state index in [9.17, 15) is 13.2 Å². The second-order valence-corrected chi connectivity index (χ2v) is 6.87. The van der Waals surface area contributed by atoms with Crippen LogP contribution in [0.2, 0.25) is 0 Å². The van der Waals surface area contributed by atoms with Crippen molar-refractivity contribution >= 4 is 0 Å². The number of alkyl halides is 3. The van der Waals surface area contributed by atoms with Gasteiger partial charge in [-0.25, -0.2) is 0 Å². The third-order valence-electron chi connectivity index (χ3n) is 5.21. The quantitative estimate of drug-likeness (QED) is 0.907. The molecule has 0 spiro atoms. The SMILES string of the molecule is FC(F)(F)c1ccccc1C1CCN(CC2CCCNC2)CC1. The van der Waals surface area contributed by atoms with Gasteiger partial charge in [0.1, 0.15) is 0 Å². The summed E-state index contributed by atoms with van der Waals surface area (Å²) in [5.41, 5.74) is 0.0360. The van der Waals surface area contributed by atoms with Crippen LogP contribution in [0.3, 0.4) is 0 Å². The minimum Gasteiger partial charge on any atom is -0.316 e. The minimum atomic E-state index is -4.25. The van der Waals surface area contributed by atoms with E-state index in [0.29, 0.717) is 11.5 Å². The number of piperidine rings is 2. The standard InChI is InChI=1S/C18H25F3N2/c19-18(20,21)17-6-2-1-5-16(17)15-7-10-23(11-8-15)13-14-4-3-9-22-12-14/h1-2,5-6,14-15,22H,3-4,7-13H2. The fourth-order valence-corrected chi connectivity index (χ4v) is 3.98. The van der Waals surface area contributed by atoms with E-state index in [2.05, 4.69) is 10.2 Å². The minimum absolute atomic E-state index is 0.0357. The van der Waals surface area contributed by atoms with E-state index in [0.717, 1.165) is 45.6 Å². The molecule has 0 amide bonds. The van der Waals surface area contributed by atoms with E-state index in [4.69, 9.17) is 0 Å². The summed E-state index contributed by atoms with van der Waals surface area (Å²) < 4.78 is 39.5. The van der Waals surface area contributed by atoms with Crippen molar-refractivity contribution in [3.63, 3.8) is 0 Å². The fourth-order valence-electron chi connectivity index (χ4n) is 3.98. The maximum absolute atomic E-state index is 13.2. The van der Waals surface area contributed by atoms with E-state index < -0.39 is 11.7 Å². The van der Waals surface area contributed by atoms with Crippen LogP contribution in [0.15, 0.2) is 24.3 Å². The number of nitrogens with one attached hydrogen (secondary N) is 1. The first kappa shape index (κ1) is 16.8. The molecular weight excluding hydrogens is 301 g/mol. The number of rotatable bonds is 3. The van der Waals surface area contributed by atoms with Crippen LogP contribution < -0.4 is 5.32 Å². The van der Waals surface area contributed by atoms with E-state index in [-0.39, 0.29) is 5.92 Å². The molecule has 1 atom stereocenters. The Morgan fingerprint density at radius 2 is 1.83 bits per heavy atom. The summed E-state index contributed by atoms with van der Waals surface area (Å²) in [6.45, 7) is 5.10. The molecule has 128 valence electrons. The summed E-state index contributed by atoms with van der Waals surface area (Å²) in [4.78, 5) is 2.43. The van der Waals surface area contributed by atoms with Crippen LogP contribution in [0.5, 0.6) is 0 Å². The molecule has 3 rings (SSSR count). The number of hydrogen-bond acceptors (Lipinski definition) is 2. The van der Waals surface area contributed by atoms with Gasteiger partial charge in [-0.1, -0.05) is 18.2 Å². The molecule has 23 heavy (non-hydrogen) atoms. The van der Waals surface area contributed by atoms with Gasteiger partial charge in [0.05, 0.1) is 5.56 Å². The third-order valence-corrected chi connectivity index (χ3v) is 5.21. The van der Waals surface area contributed by atoms with Gasteiger partial charge in [-0.15, -0.1) is 0 Å². The van der Waals surface area contributed by atoms with Crippen molar-refractivity contribution in [2.24, 2.45) is 5.92 Å². The molecule has 2 aliphatic rings. The van der Waals surface area contributed by atoms with Crippen LogP contribution in [0.1, 0.15) is 42.7 Å². The molecule has 0 aromatic heterocycles. The lowest BCUT2D eigenvalue weighted by Crippen LogP contribution is -2.41. The molecule has 2 saturated heterocycles. The Bertz CT molecular complexity index is 501. The van der Waals surface area contributed by atoms with Gasteiger partial charge in [-0.05, 0) is 75.3 Å². The first-order valence-electron chi connectivity index (χ1n) is 8.63. The number of hydrogen-bond donors (Lipinski definition) is 1. The van der Waals surface area contributed by atoms with Crippen molar-refractivity contribution in [3.8, 4) is 0 Å². The number of nitrogens with zero attached hydrogens (tertiary/aromatic N) is 1. The normalized spacial score (nSPS) is 24.7. The van der Waals surface area contributed by atoms with Crippen molar-refractivity contribution in [2.45, 2.75) is 37.8 Å². The Kier molecular flexibility index (Phi) is 5.27. The predicted octanol–water partition coefficient (Wildman–Crippen LogP) is 3.88. The summed E-state index contributed by atoms with van der Waals surface area (Å²) in [5, 5.41) is 3.43. The van der Waals surface area contributed by atoms with E-state index in [1.807, 2.05) is 0 Å². The van der Waals surface area contributed by atoms with Gasteiger partial charge in [0.25, 0.3) is 0 Å². The van der Waals surface area contributed by atoms with Crippen LogP contribution in [-0.4, -0.2) is 37.6 Å². The fraction of sp³-hybridized carbons (Fsp3) is 0.667. The molecule has 1 N–H and O–H groups in total. The largest absolute Gasteiger partial charge is 0.416 e. The zero-order valence-corrected chi connectivity index (χ0v) is 13.4. The lowest BCUT2D eigenvalue weighted by molar-refractivity contribution is -0.138. The Morgan fingerprint density at radius 1 is 1.09 bits per heavy atom. The maximum atomic E-state index is 13.2. The van der Waals surface area contributed by atoms with Gasteiger partial charge in [0.2, 0.25) is 0 Å². The zero-order valence-electron chi connectivity index (χ0n) is 13.4. The van der Waals surface area contributed by atoms with Gasteiger partial charge in [-0.3, -0.25) is 0 Å². The lowest BCUT2D eigenvalue weighted by atomic mass is 9.86. The summed E-state index contributed by atoms with van der Waals surface area (Å²) >= 11 is 0. The van der Waals surface area contributed by atoms with Crippen molar-refractivity contribution in [2.75, 3.05) is 32.7 Å². The van der Waals surface area contributed by atoms with Gasteiger partial charge in [-0.2, -0.15) is 13.2 Å². The first-order valence-corrected chi connectivity index (χ1v) is 8.63. The summed E-state index contributed by atoms with van der Waals surface area (Å²) in [6.07, 6.45) is -0.0914. The highest BCUT2D eigenvalue weighted by Crippen LogP contribution is 2.38. The van der Waals surface area contributed by atoms with E-state index >= 15 is 0 Å². The van der Waals surface area contributed by atoms with E-state index in [1.165, 1.54) is 25.0 Å². The molecule has 0 saturated carbocycles. The van der Waals surface area contributed by atoms with E-state index in [1.54, 1.807) is 12.1 Å². The van der Waals surface area contributed by atoms with Crippen LogP contribution in [0, 0.1) is 5.92 Å². The van der Waals surface area contributed by atoms with Gasteiger partial charge in [0, 0.05) is 6.54 Å². The van der Waals surface area contributed by atoms with Crippen LogP contribution in [0.4, 0.5) is 13.2 Å². The first-order chi connectivity index (χ1) is 11.0. The Labute approximate surface area is 136 Å². The molecule has 0 aliphatic carbocycles. The van der Waals surface area contributed by atoms with Crippen LogP contribution in [0.25, 0.3) is 0 Å². The zero-order chi connectivity index (χ0) is 16.3. The molecule has 2 nitrogen and oxygen atoms in total. The third kappa shape index (κ3) is 4.27. The molecule has 1 aromatic rings. The Balaban J connectivity index is 1.59. The van der Waals surface area contributed by atoms with Gasteiger partial charge in [0.15, 0.2) is 0 Å². The summed E-state index contributed by atoms with van der Waals surface area (Å²) in [6, 6.07) is 6.09. The Morgan fingerprint density at radius 3 is 2.48 bits per heavy atom. The van der Waals surface area contributed by atoms with Crippen molar-refractivity contribution in [1.29, 1.82) is 0 Å². The molecule has 1 aromatic carbocycles. The summed E-state index contributed by atoms with van der Waals surface area (Å²) in [5.74, 6) is 0.733. The molecule has 2 heterocycles. The van der Waals surface area contributed by atoms with Crippen molar-refractivity contribution in [1.82, 2.24) is 10.2 Å². The van der Waals surface area contributed by atoms with Crippen LogP contribution in [-0.2, 0) is 6.18 Å². The van der Waals surface area contributed by atoms with Crippen LogP contribution >= 0.6 is 0 Å². The topological polar surface area (TPSA) is 15.3 Å². The molecule has 0 radical (unpaired) electrons. The molecule has 5 heteroatoms. The highest BCUT2D eigenvalue weighted by atomic mass is 19.4. The highest BCUT2D eigenvalue weighted by Gasteiger charge is 2.35. The average molecular weight is 326 g/mol. The molecule has 0 bridgehead atoms. The number of halogens is 3. The second kappa shape index (κ2) is 7.22. The predicted molar refractivity (Wildman–Crippen MR) is 85.5 cm³/mol. The number of benzene rings is 1. The Hall–Kier alpha value is -1.07. The molecular formula is C18H25F3N2. The molecule has 2 aliphatic heterocycles. The smallest absolute Gasteiger partial charge is 0.316 e. The highest BCUT2D eigenvalue weighted by molar-refractivity contribution is 5.33. The van der Waals surface area contributed by atoms with Crippen molar-refractivity contribution < 1.29 is 13.2 Å². The van der Waals surface area contributed by atoms with Gasteiger partial charge >= 0.3 is 6.18 Å². The van der Waals surface area contributed by atoms with Crippen molar-refractivity contribution in [3.05, 3.63) is 35.4 Å². The number of likely N-dealkylation sites (tertiary alicyclic amines) is 1. The van der Waals surface area contributed by atoms with Gasteiger partial charge < -0.3 is 10.2 Å². The molecule has 2 fully saturated rings. The summed E-state index contributed by atoms with van der Waals surface area (Å²) in [7, 11) is 0. The second-order valence-electron chi connectivity index (χ2n) is 6.87. The lowest BCUT2D eigenvalue weighted by Gasteiger charge is -2.36. The average Bonchev–Trinajstić information content (AvgIpc) is 2.56. The monoisotopic (exact) mass is 326 g/mol. The maximum Gasteiger partial charge on any atom is 0.416 e. The molecule has 1 unspecified atom stereocenters.